The van der Waals surface area contributed by atoms with Gasteiger partial charge in [0.2, 0.25) is 5.92 Å². The van der Waals surface area contributed by atoms with Crippen LogP contribution in [-0.4, -0.2) is 29.7 Å². The quantitative estimate of drug-likeness (QED) is 0.757. The lowest BCUT2D eigenvalue weighted by Crippen LogP contribution is -2.46. The van der Waals surface area contributed by atoms with Crippen LogP contribution in [0.4, 0.5) is 8.78 Å². The van der Waals surface area contributed by atoms with Crippen LogP contribution in [0.15, 0.2) is 0 Å². The van der Waals surface area contributed by atoms with Gasteiger partial charge in [0.15, 0.2) is 0 Å². The van der Waals surface area contributed by atoms with E-state index in [4.69, 9.17) is 0 Å². The summed E-state index contributed by atoms with van der Waals surface area (Å²) in [6.07, 6.45) is 4.34. The molecule has 0 heterocycles. The highest BCUT2D eigenvalue weighted by atomic mass is 32.3. The van der Waals surface area contributed by atoms with Crippen LogP contribution in [0.2, 0.25) is 0 Å². The van der Waals surface area contributed by atoms with Crippen LogP contribution in [0.3, 0.4) is 0 Å². The number of hydrogen-bond donors (Lipinski definition) is 1. The van der Waals surface area contributed by atoms with Gasteiger partial charge in [-0.2, -0.15) is 10.2 Å². The van der Waals surface area contributed by atoms with Crippen molar-refractivity contribution in [2.75, 3.05) is 12.5 Å². The molecule has 0 bridgehead atoms. The number of nitrogens with one attached hydrogen (secondary N) is 1. The predicted molar refractivity (Wildman–Crippen MR) is 55.7 cm³/mol. The van der Waals surface area contributed by atoms with E-state index >= 15 is 0 Å². The zero-order valence-corrected chi connectivity index (χ0v) is 9.55. The molecule has 0 aromatic carbocycles. The van der Waals surface area contributed by atoms with E-state index in [1.54, 1.807) is 0 Å². The third-order valence-electron chi connectivity index (χ3n) is 2.43. The molecule has 0 aromatic heterocycles. The summed E-state index contributed by atoms with van der Waals surface area (Å²) in [5.41, 5.74) is 0. The molecule has 0 saturated heterocycles. The molecular formula is C9H19F2NS. The SMILES string of the molecule is CC(C)NS(C)(C)C1CC(F)(F)C1. The molecule has 1 nitrogen and oxygen atoms in total. The Labute approximate surface area is 80.7 Å². The maximum Gasteiger partial charge on any atom is 0.250 e. The Hall–Kier alpha value is 0.170. The number of rotatable bonds is 3. The largest absolute Gasteiger partial charge is 0.278 e. The normalized spacial score (nSPS) is 24.5. The summed E-state index contributed by atoms with van der Waals surface area (Å²) in [7, 11) is -1.02. The van der Waals surface area contributed by atoms with Gasteiger partial charge in [0.05, 0.1) is 0 Å². The molecule has 1 saturated carbocycles. The van der Waals surface area contributed by atoms with Crippen LogP contribution in [0.1, 0.15) is 26.7 Å². The molecular weight excluding hydrogens is 192 g/mol. The standard InChI is InChI=1S/C9H19F2NS/c1-7(2)12-13(3,4)8-5-9(10,11)6-8/h7-8,12H,5-6H2,1-4H3. The molecule has 1 rings (SSSR count). The summed E-state index contributed by atoms with van der Waals surface area (Å²) >= 11 is 0. The van der Waals surface area contributed by atoms with Crippen LogP contribution >= 0.6 is 10.2 Å². The Kier molecular flexibility index (Phi) is 2.93. The van der Waals surface area contributed by atoms with Gasteiger partial charge in [-0.1, -0.05) is 0 Å². The molecule has 0 radical (unpaired) electrons. The smallest absolute Gasteiger partial charge is 0.250 e. The first-order chi connectivity index (χ1) is 5.73. The van der Waals surface area contributed by atoms with E-state index in [1.165, 1.54) is 0 Å². The lowest BCUT2D eigenvalue weighted by atomic mass is 9.94. The molecule has 1 N–H and O–H groups in total. The van der Waals surface area contributed by atoms with E-state index in [-0.39, 0.29) is 18.1 Å². The Balaban J connectivity index is 2.44. The summed E-state index contributed by atoms with van der Waals surface area (Å²) in [5, 5.41) is 0.199. The van der Waals surface area contributed by atoms with Crippen molar-refractivity contribution in [2.24, 2.45) is 0 Å². The second-order valence-corrected chi connectivity index (χ2v) is 8.28. The number of halogens is 2. The third kappa shape index (κ3) is 2.81. The molecule has 0 atom stereocenters. The van der Waals surface area contributed by atoms with Crippen molar-refractivity contribution in [1.82, 2.24) is 4.72 Å². The van der Waals surface area contributed by atoms with Crippen molar-refractivity contribution in [3.05, 3.63) is 0 Å². The Bertz CT molecular complexity index is 184. The molecule has 80 valence electrons. The zero-order valence-electron chi connectivity index (χ0n) is 8.73. The highest BCUT2D eigenvalue weighted by Gasteiger charge is 2.49. The van der Waals surface area contributed by atoms with E-state index in [0.717, 1.165) is 0 Å². The molecule has 1 fully saturated rings. The van der Waals surface area contributed by atoms with Gasteiger partial charge in [0.1, 0.15) is 0 Å². The minimum atomic E-state index is -2.38. The lowest BCUT2D eigenvalue weighted by molar-refractivity contribution is -0.0677. The maximum atomic E-state index is 12.6. The number of hydrogen-bond acceptors (Lipinski definition) is 1. The van der Waals surface area contributed by atoms with Crippen molar-refractivity contribution in [2.45, 2.75) is 43.9 Å². The van der Waals surface area contributed by atoms with Crippen molar-refractivity contribution in [3.8, 4) is 0 Å². The average molecular weight is 211 g/mol. The first-order valence-electron chi connectivity index (χ1n) is 4.60. The molecule has 13 heavy (non-hydrogen) atoms. The average Bonchev–Trinajstić information content (AvgIpc) is 1.79. The van der Waals surface area contributed by atoms with Gasteiger partial charge < -0.3 is 0 Å². The van der Waals surface area contributed by atoms with Crippen molar-refractivity contribution >= 4 is 10.2 Å². The van der Waals surface area contributed by atoms with E-state index in [1.807, 2.05) is 0 Å². The van der Waals surface area contributed by atoms with E-state index in [2.05, 4.69) is 31.1 Å². The van der Waals surface area contributed by atoms with Gasteiger partial charge in [0.25, 0.3) is 0 Å². The topological polar surface area (TPSA) is 12.0 Å². The fraction of sp³-hybridized carbons (Fsp3) is 1.00. The van der Waals surface area contributed by atoms with E-state index in [9.17, 15) is 8.78 Å². The maximum absolute atomic E-state index is 12.6. The minimum Gasteiger partial charge on any atom is -0.278 e. The Morgan fingerprint density at radius 2 is 1.77 bits per heavy atom. The lowest BCUT2D eigenvalue weighted by Gasteiger charge is -2.50. The van der Waals surface area contributed by atoms with Crippen LogP contribution in [-0.2, 0) is 0 Å². The summed E-state index contributed by atoms with van der Waals surface area (Å²) in [5.74, 6) is -2.38. The van der Waals surface area contributed by atoms with Crippen molar-refractivity contribution in [1.29, 1.82) is 0 Å². The monoisotopic (exact) mass is 211 g/mol. The summed E-state index contributed by atoms with van der Waals surface area (Å²) in [4.78, 5) is 0. The molecule has 1 aliphatic rings. The molecule has 1 aliphatic carbocycles. The van der Waals surface area contributed by atoms with Crippen molar-refractivity contribution in [3.63, 3.8) is 0 Å². The molecule has 0 unspecified atom stereocenters. The van der Waals surface area contributed by atoms with Crippen LogP contribution in [0.5, 0.6) is 0 Å². The molecule has 4 heteroatoms. The summed E-state index contributed by atoms with van der Waals surface area (Å²) in [6, 6.07) is 0.388. The van der Waals surface area contributed by atoms with Gasteiger partial charge in [0, 0.05) is 24.1 Å². The fourth-order valence-electron chi connectivity index (χ4n) is 1.73. The third-order valence-corrected chi connectivity index (χ3v) is 5.50. The first-order valence-corrected chi connectivity index (χ1v) is 7.11. The second kappa shape index (κ2) is 3.39. The highest BCUT2D eigenvalue weighted by Crippen LogP contribution is 2.56. The van der Waals surface area contributed by atoms with Crippen LogP contribution in [0.25, 0.3) is 0 Å². The van der Waals surface area contributed by atoms with Gasteiger partial charge in [-0.3, -0.25) is 4.72 Å². The summed E-state index contributed by atoms with van der Waals surface area (Å²) in [6.45, 7) is 4.12. The van der Waals surface area contributed by atoms with Crippen LogP contribution in [0, 0.1) is 0 Å². The fourth-order valence-corrected chi connectivity index (χ4v) is 4.46. The first kappa shape index (κ1) is 11.2. The highest BCUT2D eigenvalue weighted by molar-refractivity contribution is 8.31. The van der Waals surface area contributed by atoms with E-state index in [0.29, 0.717) is 6.04 Å². The van der Waals surface area contributed by atoms with Crippen LogP contribution < -0.4 is 4.72 Å². The van der Waals surface area contributed by atoms with Gasteiger partial charge in [-0.25, -0.2) is 8.78 Å². The minimum absolute atomic E-state index is 0.0784. The Morgan fingerprint density at radius 1 is 1.31 bits per heavy atom. The van der Waals surface area contributed by atoms with Gasteiger partial charge in [-0.15, -0.1) is 0 Å². The number of alkyl halides is 2. The molecule has 0 aliphatic heterocycles. The summed E-state index contributed by atoms with van der Waals surface area (Å²) < 4.78 is 28.7. The predicted octanol–water partition coefficient (Wildman–Crippen LogP) is 2.76. The Morgan fingerprint density at radius 3 is 2.08 bits per heavy atom. The zero-order chi connectivity index (χ0) is 10.3. The van der Waals surface area contributed by atoms with Crippen molar-refractivity contribution < 1.29 is 8.78 Å². The van der Waals surface area contributed by atoms with Gasteiger partial charge >= 0.3 is 0 Å². The second-order valence-electron chi connectivity index (χ2n) is 4.56. The molecule has 0 aromatic rings. The molecule has 0 amide bonds. The van der Waals surface area contributed by atoms with Gasteiger partial charge in [-0.05, 0) is 26.4 Å². The molecule has 0 spiro atoms. The van der Waals surface area contributed by atoms with E-state index < -0.39 is 16.1 Å².